The van der Waals surface area contributed by atoms with Crippen molar-refractivity contribution in [3.63, 3.8) is 0 Å². The third kappa shape index (κ3) is 2.44. The first-order chi connectivity index (χ1) is 9.56. The summed E-state index contributed by atoms with van der Waals surface area (Å²) in [5.41, 5.74) is 7.05. The van der Waals surface area contributed by atoms with E-state index in [1.165, 1.54) is 12.8 Å². The van der Waals surface area contributed by atoms with Crippen molar-refractivity contribution in [2.75, 3.05) is 11.9 Å². The molecular formula is C15H20BrN3O. The van der Waals surface area contributed by atoms with E-state index in [2.05, 4.69) is 33.2 Å². The Hall–Kier alpha value is -1.07. The molecule has 0 spiro atoms. The zero-order valence-corrected chi connectivity index (χ0v) is 13.2. The fourth-order valence-corrected chi connectivity index (χ4v) is 4.14. The summed E-state index contributed by atoms with van der Waals surface area (Å²) in [4.78, 5) is 14.0. The summed E-state index contributed by atoms with van der Waals surface area (Å²) >= 11 is 3.44. The van der Waals surface area contributed by atoms with E-state index < -0.39 is 0 Å². The van der Waals surface area contributed by atoms with Gasteiger partial charge < -0.3 is 16.0 Å². The molecule has 0 radical (unpaired) electrons. The zero-order chi connectivity index (χ0) is 14.3. The molecule has 2 aliphatic heterocycles. The van der Waals surface area contributed by atoms with Crippen LogP contribution >= 0.6 is 15.9 Å². The number of nitrogens with one attached hydrogen (secondary N) is 1. The molecule has 2 atom stereocenters. The lowest BCUT2D eigenvalue weighted by molar-refractivity contribution is 0.1000. The van der Waals surface area contributed by atoms with Crippen molar-refractivity contribution < 1.29 is 4.79 Å². The summed E-state index contributed by atoms with van der Waals surface area (Å²) in [7, 11) is 2.07. The van der Waals surface area contributed by atoms with Crippen LogP contribution in [0, 0.1) is 0 Å². The number of carbonyl (C=O) groups excluding carboxylic acids is 1. The number of amides is 1. The van der Waals surface area contributed by atoms with E-state index in [4.69, 9.17) is 5.73 Å². The lowest BCUT2D eigenvalue weighted by Gasteiger charge is -2.37. The SMILES string of the molecule is CN(c1cccc(Br)c1C(N)=O)C1CC2CCC(C1)N2. The number of halogens is 1. The highest BCUT2D eigenvalue weighted by atomic mass is 79.9. The summed E-state index contributed by atoms with van der Waals surface area (Å²) in [5.74, 6) is -0.378. The average molecular weight is 338 g/mol. The lowest BCUT2D eigenvalue weighted by Crippen LogP contribution is -2.47. The number of benzene rings is 1. The maximum Gasteiger partial charge on any atom is 0.251 e. The van der Waals surface area contributed by atoms with Crippen molar-refractivity contribution in [3.05, 3.63) is 28.2 Å². The highest BCUT2D eigenvalue weighted by Gasteiger charge is 2.35. The molecule has 2 unspecified atom stereocenters. The predicted molar refractivity (Wildman–Crippen MR) is 84.0 cm³/mol. The van der Waals surface area contributed by atoms with Crippen molar-refractivity contribution in [2.45, 2.75) is 43.8 Å². The summed E-state index contributed by atoms with van der Waals surface area (Å²) in [6, 6.07) is 7.54. The number of anilines is 1. The third-order valence-corrected chi connectivity index (χ3v) is 5.27. The molecule has 2 aliphatic rings. The number of piperidine rings is 1. The molecule has 108 valence electrons. The highest BCUT2D eigenvalue weighted by Crippen LogP contribution is 2.34. The quantitative estimate of drug-likeness (QED) is 0.889. The first-order valence-electron chi connectivity index (χ1n) is 7.13. The van der Waals surface area contributed by atoms with Gasteiger partial charge in [0, 0.05) is 29.6 Å². The fourth-order valence-electron chi connectivity index (χ4n) is 3.59. The number of primary amides is 1. The largest absolute Gasteiger partial charge is 0.371 e. The summed E-state index contributed by atoms with van der Waals surface area (Å²) in [6.45, 7) is 0. The molecule has 1 aromatic carbocycles. The molecule has 3 N–H and O–H groups in total. The van der Waals surface area contributed by atoms with Gasteiger partial charge in [-0.05, 0) is 53.7 Å². The van der Waals surface area contributed by atoms with E-state index in [1.807, 2.05) is 18.2 Å². The van der Waals surface area contributed by atoms with Crippen molar-refractivity contribution in [1.29, 1.82) is 0 Å². The molecular weight excluding hydrogens is 318 g/mol. The third-order valence-electron chi connectivity index (χ3n) is 4.61. The van der Waals surface area contributed by atoms with E-state index >= 15 is 0 Å². The van der Waals surface area contributed by atoms with Gasteiger partial charge in [-0.1, -0.05) is 6.07 Å². The Morgan fingerprint density at radius 1 is 1.35 bits per heavy atom. The molecule has 2 fully saturated rings. The van der Waals surface area contributed by atoms with Crippen molar-refractivity contribution in [2.24, 2.45) is 5.73 Å². The second-order valence-electron chi connectivity index (χ2n) is 5.87. The first kappa shape index (κ1) is 13.9. The van der Waals surface area contributed by atoms with Crippen LogP contribution in [-0.2, 0) is 0 Å². The minimum absolute atomic E-state index is 0.378. The van der Waals surface area contributed by atoms with Crippen LogP contribution in [-0.4, -0.2) is 31.1 Å². The van der Waals surface area contributed by atoms with Crippen LogP contribution in [0.15, 0.2) is 22.7 Å². The number of rotatable bonds is 3. The average Bonchev–Trinajstić information content (AvgIpc) is 2.75. The number of nitrogens with two attached hydrogens (primary N) is 1. The number of hydrogen-bond donors (Lipinski definition) is 2. The van der Waals surface area contributed by atoms with Gasteiger partial charge in [-0.3, -0.25) is 4.79 Å². The minimum atomic E-state index is -0.378. The molecule has 2 saturated heterocycles. The molecule has 4 nitrogen and oxygen atoms in total. The molecule has 0 saturated carbocycles. The minimum Gasteiger partial charge on any atom is -0.371 e. The van der Waals surface area contributed by atoms with Crippen molar-refractivity contribution >= 4 is 27.5 Å². The van der Waals surface area contributed by atoms with Crippen LogP contribution in [0.5, 0.6) is 0 Å². The molecule has 1 aromatic rings. The van der Waals surface area contributed by atoms with E-state index in [0.29, 0.717) is 23.7 Å². The smallest absolute Gasteiger partial charge is 0.251 e. The maximum atomic E-state index is 11.7. The van der Waals surface area contributed by atoms with E-state index in [1.54, 1.807) is 0 Å². The summed E-state index contributed by atoms with van der Waals surface area (Å²) in [6.07, 6.45) is 4.82. The lowest BCUT2D eigenvalue weighted by atomic mass is 9.97. The molecule has 2 bridgehead atoms. The van der Waals surface area contributed by atoms with Gasteiger partial charge in [0.05, 0.1) is 11.3 Å². The monoisotopic (exact) mass is 337 g/mol. The predicted octanol–water partition coefficient (Wildman–Crippen LogP) is 2.27. The van der Waals surface area contributed by atoms with Crippen LogP contribution in [0.2, 0.25) is 0 Å². The normalized spacial score (nSPS) is 28.4. The molecule has 5 heteroatoms. The van der Waals surface area contributed by atoms with Gasteiger partial charge >= 0.3 is 0 Å². The van der Waals surface area contributed by atoms with E-state index in [0.717, 1.165) is 23.0 Å². The van der Waals surface area contributed by atoms with Crippen LogP contribution in [0.25, 0.3) is 0 Å². The molecule has 2 heterocycles. The highest BCUT2D eigenvalue weighted by molar-refractivity contribution is 9.10. The van der Waals surface area contributed by atoms with Gasteiger partial charge in [0.1, 0.15) is 0 Å². The van der Waals surface area contributed by atoms with Crippen LogP contribution < -0.4 is 16.0 Å². The number of nitrogens with zero attached hydrogens (tertiary/aromatic N) is 1. The molecule has 1 amide bonds. The van der Waals surface area contributed by atoms with Gasteiger partial charge in [0.2, 0.25) is 0 Å². The van der Waals surface area contributed by atoms with E-state index in [-0.39, 0.29) is 5.91 Å². The zero-order valence-electron chi connectivity index (χ0n) is 11.6. The Labute approximate surface area is 127 Å². The van der Waals surface area contributed by atoms with Gasteiger partial charge in [-0.25, -0.2) is 0 Å². The maximum absolute atomic E-state index is 11.7. The van der Waals surface area contributed by atoms with Gasteiger partial charge in [0.25, 0.3) is 5.91 Å². The van der Waals surface area contributed by atoms with Crippen LogP contribution in [0.3, 0.4) is 0 Å². The standard InChI is InChI=1S/C15H20BrN3O/c1-19(11-7-9-5-6-10(8-11)18-9)13-4-2-3-12(16)14(13)15(17)20/h2-4,9-11,18H,5-8H2,1H3,(H2,17,20). The molecule has 0 aliphatic carbocycles. The topological polar surface area (TPSA) is 58.4 Å². The van der Waals surface area contributed by atoms with Crippen LogP contribution in [0.4, 0.5) is 5.69 Å². The van der Waals surface area contributed by atoms with Crippen molar-refractivity contribution in [1.82, 2.24) is 5.32 Å². The number of hydrogen-bond acceptors (Lipinski definition) is 3. The number of fused-ring (bicyclic) bond motifs is 2. The Morgan fingerprint density at radius 3 is 2.60 bits per heavy atom. The molecule has 20 heavy (non-hydrogen) atoms. The Kier molecular flexibility index (Phi) is 3.73. The molecule has 3 rings (SSSR count). The van der Waals surface area contributed by atoms with Gasteiger partial charge in [-0.15, -0.1) is 0 Å². The van der Waals surface area contributed by atoms with Gasteiger partial charge in [0.15, 0.2) is 0 Å². The van der Waals surface area contributed by atoms with E-state index in [9.17, 15) is 4.79 Å². The second kappa shape index (κ2) is 5.37. The fraction of sp³-hybridized carbons (Fsp3) is 0.533. The summed E-state index contributed by atoms with van der Waals surface area (Å²) < 4.78 is 0.770. The first-order valence-corrected chi connectivity index (χ1v) is 7.92. The summed E-state index contributed by atoms with van der Waals surface area (Å²) in [5, 5.41) is 3.65. The Bertz CT molecular complexity index is 522. The van der Waals surface area contributed by atoms with Crippen LogP contribution in [0.1, 0.15) is 36.0 Å². The Morgan fingerprint density at radius 2 is 2.00 bits per heavy atom. The van der Waals surface area contributed by atoms with Crippen molar-refractivity contribution in [3.8, 4) is 0 Å². The Balaban J connectivity index is 1.89. The molecule has 0 aromatic heterocycles. The second-order valence-corrected chi connectivity index (χ2v) is 6.73. The number of carbonyl (C=O) groups is 1. The van der Waals surface area contributed by atoms with Gasteiger partial charge in [-0.2, -0.15) is 0 Å².